The Kier molecular flexibility index (Phi) is 8.80. The summed E-state index contributed by atoms with van der Waals surface area (Å²) in [7, 11) is 3.50. The highest BCUT2D eigenvalue weighted by molar-refractivity contribution is 7.10. The Balaban J connectivity index is 2.74. The van der Waals surface area contributed by atoms with Crippen molar-refractivity contribution in [2.75, 3.05) is 14.2 Å². The number of nitrogens with zero attached hydrogens (tertiary/aromatic N) is 1. The van der Waals surface area contributed by atoms with E-state index in [0.717, 1.165) is 34.6 Å². The second-order valence-corrected chi connectivity index (χ2v) is 6.42. The minimum atomic E-state index is 0.756. The molecule has 0 fully saturated rings. The number of ether oxygens (including phenoxy) is 1. The van der Waals surface area contributed by atoms with E-state index in [1.165, 1.54) is 4.88 Å². The maximum absolute atomic E-state index is 5.51. The van der Waals surface area contributed by atoms with E-state index >= 15 is 0 Å². The minimum absolute atomic E-state index is 0.756. The summed E-state index contributed by atoms with van der Waals surface area (Å²) < 4.78 is 5.51. The molecule has 0 aromatic carbocycles. The molecule has 0 saturated heterocycles. The molecule has 0 aliphatic carbocycles. The molecule has 0 N–H and O–H groups in total. The molecule has 1 aromatic rings. The van der Waals surface area contributed by atoms with Crippen LogP contribution in [-0.4, -0.2) is 19.9 Å². The van der Waals surface area contributed by atoms with Gasteiger partial charge in [0.05, 0.1) is 12.8 Å². The van der Waals surface area contributed by atoms with Gasteiger partial charge < -0.3 is 4.74 Å². The van der Waals surface area contributed by atoms with Gasteiger partial charge in [-0.3, -0.25) is 4.99 Å². The van der Waals surface area contributed by atoms with Gasteiger partial charge in [-0.25, -0.2) is 0 Å². The zero-order valence-corrected chi connectivity index (χ0v) is 16.1. The van der Waals surface area contributed by atoms with Crippen molar-refractivity contribution in [3.05, 3.63) is 75.8 Å². The van der Waals surface area contributed by atoms with Gasteiger partial charge in [-0.05, 0) is 68.0 Å². The first-order chi connectivity index (χ1) is 11.5. The van der Waals surface area contributed by atoms with Crippen molar-refractivity contribution in [1.82, 2.24) is 0 Å². The Morgan fingerprint density at radius 1 is 1.33 bits per heavy atom. The molecule has 0 aliphatic rings. The number of allylic oxidation sites excluding steroid dienone is 6. The second kappa shape index (κ2) is 10.6. The molecule has 3 heteroatoms. The van der Waals surface area contributed by atoms with Gasteiger partial charge in [-0.1, -0.05) is 24.8 Å². The van der Waals surface area contributed by atoms with Crippen LogP contribution in [0.25, 0.3) is 6.08 Å². The summed E-state index contributed by atoms with van der Waals surface area (Å²) in [5.41, 5.74) is 4.17. The van der Waals surface area contributed by atoms with Crippen LogP contribution in [0.3, 0.4) is 0 Å². The molecule has 1 rings (SSSR count). The summed E-state index contributed by atoms with van der Waals surface area (Å²) in [5.74, 6) is 0.901. The van der Waals surface area contributed by atoms with Crippen LogP contribution >= 0.6 is 11.3 Å². The normalized spacial score (nSPS) is 12.9. The third-order valence-corrected chi connectivity index (χ3v) is 4.28. The molecule has 0 atom stereocenters. The Morgan fingerprint density at radius 2 is 2.08 bits per heavy atom. The summed E-state index contributed by atoms with van der Waals surface area (Å²) in [6, 6.07) is 4.13. The molecule has 24 heavy (non-hydrogen) atoms. The van der Waals surface area contributed by atoms with Gasteiger partial charge in [-0.15, -0.1) is 11.3 Å². The van der Waals surface area contributed by atoms with Gasteiger partial charge in [0, 0.05) is 17.5 Å². The lowest BCUT2D eigenvalue weighted by atomic mass is 9.99. The fourth-order valence-corrected chi connectivity index (χ4v) is 2.89. The van der Waals surface area contributed by atoms with E-state index in [4.69, 9.17) is 4.74 Å². The van der Waals surface area contributed by atoms with E-state index in [-0.39, 0.29) is 0 Å². The summed E-state index contributed by atoms with van der Waals surface area (Å²) in [6.07, 6.45) is 11.0. The van der Waals surface area contributed by atoms with E-state index in [1.54, 1.807) is 25.5 Å². The largest absolute Gasteiger partial charge is 0.496 e. The first-order valence-corrected chi connectivity index (χ1v) is 8.82. The molecule has 0 aliphatic heterocycles. The van der Waals surface area contributed by atoms with Gasteiger partial charge in [0.2, 0.25) is 0 Å². The standard InChI is InChI=1S/C21H27NOS/c1-7-20(21(23-6)16(2)3)17(4)10-8-11-18(22-5)13-14-19-12-9-15-24-19/h7-9,11-15H,4,10H2,1-3,5-6H3/b11-8-,14-13+,20-7-,22-18?. The SMILES string of the molecule is C=C(C/C=C\C(/C=C/c1cccs1)=NC)/C(=C/C)C(OC)=C(C)C. The molecule has 128 valence electrons. The fourth-order valence-electron chi connectivity index (χ4n) is 2.27. The molecular formula is C21H27NOS. The number of hydrogen-bond donors (Lipinski definition) is 0. The smallest absolute Gasteiger partial charge is 0.124 e. The molecule has 0 unspecified atom stereocenters. The zero-order valence-electron chi connectivity index (χ0n) is 15.3. The molecule has 1 aromatic heterocycles. The number of thiophene rings is 1. The molecule has 0 saturated carbocycles. The topological polar surface area (TPSA) is 21.6 Å². The Labute approximate surface area is 150 Å². The van der Waals surface area contributed by atoms with Crippen LogP contribution < -0.4 is 0 Å². The average molecular weight is 342 g/mol. The molecule has 0 bridgehead atoms. The van der Waals surface area contributed by atoms with E-state index in [2.05, 4.69) is 35.2 Å². The lowest BCUT2D eigenvalue weighted by Gasteiger charge is -2.14. The van der Waals surface area contributed by atoms with Crippen LogP contribution in [0.15, 0.2) is 75.9 Å². The predicted molar refractivity (Wildman–Crippen MR) is 109 cm³/mol. The van der Waals surface area contributed by atoms with Crippen molar-refractivity contribution in [3.8, 4) is 0 Å². The lowest BCUT2D eigenvalue weighted by molar-refractivity contribution is 0.297. The quantitative estimate of drug-likeness (QED) is 0.312. The number of methoxy groups -OCH3 is 1. The van der Waals surface area contributed by atoms with Crippen LogP contribution in [0.1, 0.15) is 32.1 Å². The van der Waals surface area contributed by atoms with Crippen LogP contribution in [0.5, 0.6) is 0 Å². The fraction of sp³-hybridized carbons (Fsp3) is 0.286. The molecular weight excluding hydrogens is 314 g/mol. The van der Waals surface area contributed by atoms with Gasteiger partial charge in [0.1, 0.15) is 5.76 Å². The molecule has 0 amide bonds. The van der Waals surface area contributed by atoms with Gasteiger partial charge in [0.15, 0.2) is 0 Å². The van der Waals surface area contributed by atoms with E-state index in [0.29, 0.717) is 0 Å². The summed E-state index contributed by atoms with van der Waals surface area (Å²) in [4.78, 5) is 5.52. The van der Waals surface area contributed by atoms with Crippen LogP contribution in [-0.2, 0) is 4.74 Å². The van der Waals surface area contributed by atoms with Crippen LogP contribution in [0, 0.1) is 0 Å². The van der Waals surface area contributed by atoms with E-state index in [9.17, 15) is 0 Å². The lowest BCUT2D eigenvalue weighted by Crippen LogP contribution is -1.98. The molecule has 0 radical (unpaired) electrons. The highest BCUT2D eigenvalue weighted by atomic mass is 32.1. The van der Waals surface area contributed by atoms with Crippen molar-refractivity contribution >= 4 is 23.1 Å². The van der Waals surface area contributed by atoms with Crippen molar-refractivity contribution in [1.29, 1.82) is 0 Å². The second-order valence-electron chi connectivity index (χ2n) is 5.44. The summed E-state index contributed by atoms with van der Waals surface area (Å²) >= 11 is 1.71. The Morgan fingerprint density at radius 3 is 2.58 bits per heavy atom. The summed E-state index contributed by atoms with van der Waals surface area (Å²) in [6.45, 7) is 10.3. The third-order valence-electron chi connectivity index (χ3n) is 3.45. The first kappa shape index (κ1) is 19.9. The van der Waals surface area contributed by atoms with Crippen molar-refractivity contribution in [2.24, 2.45) is 4.99 Å². The maximum atomic E-state index is 5.51. The third kappa shape index (κ3) is 6.17. The van der Waals surface area contributed by atoms with E-state index in [1.807, 2.05) is 45.1 Å². The van der Waals surface area contributed by atoms with Crippen molar-refractivity contribution in [2.45, 2.75) is 27.2 Å². The van der Waals surface area contributed by atoms with Crippen molar-refractivity contribution in [3.63, 3.8) is 0 Å². The molecule has 2 nitrogen and oxygen atoms in total. The molecule has 1 heterocycles. The zero-order chi connectivity index (χ0) is 17.9. The van der Waals surface area contributed by atoms with Gasteiger partial charge >= 0.3 is 0 Å². The van der Waals surface area contributed by atoms with Crippen LogP contribution in [0.4, 0.5) is 0 Å². The average Bonchev–Trinajstić information content (AvgIpc) is 3.08. The minimum Gasteiger partial charge on any atom is -0.496 e. The van der Waals surface area contributed by atoms with Crippen LogP contribution in [0.2, 0.25) is 0 Å². The van der Waals surface area contributed by atoms with E-state index < -0.39 is 0 Å². The maximum Gasteiger partial charge on any atom is 0.124 e. The number of aliphatic imine (C=N–C) groups is 1. The summed E-state index contributed by atoms with van der Waals surface area (Å²) in [5, 5.41) is 2.07. The number of rotatable bonds is 8. The van der Waals surface area contributed by atoms with Gasteiger partial charge in [-0.2, -0.15) is 0 Å². The Hall–Kier alpha value is -2.13. The van der Waals surface area contributed by atoms with Gasteiger partial charge in [0.25, 0.3) is 0 Å². The highest BCUT2D eigenvalue weighted by Gasteiger charge is 2.09. The monoisotopic (exact) mass is 341 g/mol. The molecule has 0 spiro atoms. The Bertz CT molecular complexity index is 681. The first-order valence-electron chi connectivity index (χ1n) is 7.94. The highest BCUT2D eigenvalue weighted by Crippen LogP contribution is 2.24. The predicted octanol–water partition coefficient (Wildman–Crippen LogP) is 6.22. The number of hydrogen-bond acceptors (Lipinski definition) is 3. The van der Waals surface area contributed by atoms with Crippen molar-refractivity contribution < 1.29 is 4.74 Å².